The molecule has 2 amide bonds. The van der Waals surface area contributed by atoms with Gasteiger partial charge in [-0.3, -0.25) is 9.59 Å². The number of aromatic hydroxyl groups is 1. The zero-order valence-electron chi connectivity index (χ0n) is 10.5. The molecule has 19 heavy (non-hydrogen) atoms. The van der Waals surface area contributed by atoms with E-state index in [9.17, 15) is 9.59 Å². The van der Waals surface area contributed by atoms with E-state index in [-0.39, 0.29) is 19.6 Å². The van der Waals surface area contributed by atoms with Gasteiger partial charge in [-0.1, -0.05) is 18.2 Å². The molecule has 0 fully saturated rings. The Morgan fingerprint density at radius 2 is 1.84 bits per heavy atom. The molecule has 7 heteroatoms. The molecule has 1 aromatic rings. The second-order valence-corrected chi connectivity index (χ2v) is 3.63. The largest absolute Gasteiger partial charge is 0.508 e. The van der Waals surface area contributed by atoms with Crippen LogP contribution in [-0.2, 0) is 9.59 Å². The standard InChI is InChI=1S/C6H13N3O3.C6H6O/c7-4(3-5(8)11)6(12)9-1-2-10;7-6-4-2-1-3-5-6/h4,10H,1-3,7H2,(H2,8,11)(H,9,12);1-5,7H/t4-;/m0./s1. The molecule has 0 aliphatic carbocycles. The van der Waals surface area contributed by atoms with Gasteiger partial charge < -0.3 is 27.0 Å². The molecular weight excluding hydrogens is 250 g/mol. The van der Waals surface area contributed by atoms with Crippen molar-refractivity contribution in [1.29, 1.82) is 0 Å². The van der Waals surface area contributed by atoms with Gasteiger partial charge in [-0.25, -0.2) is 0 Å². The van der Waals surface area contributed by atoms with Crippen LogP contribution < -0.4 is 16.8 Å². The molecule has 1 atom stereocenters. The lowest BCUT2D eigenvalue weighted by Crippen LogP contribution is -2.43. The molecule has 0 unspecified atom stereocenters. The van der Waals surface area contributed by atoms with Crippen LogP contribution in [0.5, 0.6) is 5.75 Å². The maximum absolute atomic E-state index is 10.9. The first-order chi connectivity index (χ1) is 8.97. The minimum atomic E-state index is -0.922. The van der Waals surface area contributed by atoms with Crippen molar-refractivity contribution in [3.63, 3.8) is 0 Å². The van der Waals surface area contributed by atoms with Gasteiger partial charge in [-0.15, -0.1) is 0 Å². The Balaban J connectivity index is 0.000000388. The highest BCUT2D eigenvalue weighted by Gasteiger charge is 2.14. The van der Waals surface area contributed by atoms with E-state index >= 15 is 0 Å². The Kier molecular flexibility index (Phi) is 8.76. The van der Waals surface area contributed by atoms with Crippen LogP contribution in [0.25, 0.3) is 0 Å². The van der Waals surface area contributed by atoms with E-state index in [0.717, 1.165) is 0 Å². The number of amides is 2. The summed E-state index contributed by atoms with van der Waals surface area (Å²) in [4.78, 5) is 21.2. The number of rotatable bonds is 5. The Hall–Kier alpha value is -2.12. The summed E-state index contributed by atoms with van der Waals surface area (Å²) in [6.45, 7) is -0.0275. The van der Waals surface area contributed by atoms with Gasteiger partial charge in [-0.05, 0) is 12.1 Å². The lowest BCUT2D eigenvalue weighted by atomic mass is 10.2. The fourth-order valence-corrected chi connectivity index (χ4v) is 1.05. The molecule has 0 aliphatic heterocycles. The number of carbonyl (C=O) groups is 2. The van der Waals surface area contributed by atoms with Crippen LogP contribution >= 0.6 is 0 Å². The molecule has 0 aromatic heterocycles. The number of phenolic OH excluding ortho intramolecular Hbond substituents is 1. The third kappa shape index (κ3) is 9.57. The van der Waals surface area contributed by atoms with Gasteiger partial charge in [0.05, 0.1) is 19.1 Å². The Morgan fingerprint density at radius 1 is 1.26 bits per heavy atom. The fourth-order valence-electron chi connectivity index (χ4n) is 1.05. The van der Waals surface area contributed by atoms with E-state index in [1.165, 1.54) is 0 Å². The molecule has 0 saturated carbocycles. The van der Waals surface area contributed by atoms with Gasteiger partial charge >= 0.3 is 0 Å². The third-order valence-corrected chi connectivity index (χ3v) is 1.93. The number of hydrogen-bond acceptors (Lipinski definition) is 5. The average Bonchev–Trinajstić information content (AvgIpc) is 2.36. The SMILES string of the molecule is NC(=O)C[C@H](N)C(=O)NCCO.Oc1ccccc1. The topological polar surface area (TPSA) is 139 Å². The number of hydrogen-bond donors (Lipinski definition) is 5. The number of aliphatic hydroxyl groups excluding tert-OH is 1. The number of phenols is 1. The number of nitrogens with two attached hydrogens (primary N) is 2. The predicted octanol–water partition coefficient (Wildman–Crippen LogP) is -1.31. The predicted molar refractivity (Wildman–Crippen MR) is 70.0 cm³/mol. The first-order valence-corrected chi connectivity index (χ1v) is 5.63. The van der Waals surface area contributed by atoms with E-state index < -0.39 is 17.9 Å². The van der Waals surface area contributed by atoms with Crippen LogP contribution in [-0.4, -0.2) is 41.2 Å². The summed E-state index contributed by atoms with van der Waals surface area (Å²) in [6, 6.07) is 7.79. The summed E-state index contributed by atoms with van der Waals surface area (Å²) in [7, 11) is 0. The number of primary amides is 1. The maximum atomic E-state index is 10.9. The van der Waals surface area contributed by atoms with Crippen molar-refractivity contribution >= 4 is 11.8 Å². The molecule has 7 N–H and O–H groups in total. The second-order valence-electron chi connectivity index (χ2n) is 3.63. The minimum Gasteiger partial charge on any atom is -0.508 e. The molecule has 0 heterocycles. The minimum absolute atomic E-state index is 0.130. The van der Waals surface area contributed by atoms with Gasteiger partial charge in [0.1, 0.15) is 5.75 Å². The van der Waals surface area contributed by atoms with E-state index in [4.69, 9.17) is 21.7 Å². The molecular formula is C12H19N3O4. The van der Waals surface area contributed by atoms with Gasteiger partial charge in [-0.2, -0.15) is 0 Å². The van der Waals surface area contributed by atoms with Crippen LogP contribution in [0.1, 0.15) is 6.42 Å². The molecule has 0 radical (unpaired) electrons. The van der Waals surface area contributed by atoms with Crippen molar-refractivity contribution in [3.8, 4) is 5.75 Å². The van der Waals surface area contributed by atoms with Crippen molar-refractivity contribution in [3.05, 3.63) is 30.3 Å². The van der Waals surface area contributed by atoms with E-state index in [2.05, 4.69) is 5.32 Å². The number of nitrogens with one attached hydrogen (secondary N) is 1. The summed E-state index contributed by atoms with van der Waals surface area (Å²) < 4.78 is 0. The zero-order chi connectivity index (χ0) is 14.7. The van der Waals surface area contributed by atoms with Crippen molar-refractivity contribution in [2.45, 2.75) is 12.5 Å². The number of para-hydroxylation sites is 1. The monoisotopic (exact) mass is 269 g/mol. The summed E-state index contributed by atoms with van der Waals surface area (Å²) in [5.41, 5.74) is 10.1. The van der Waals surface area contributed by atoms with Gasteiger partial charge in [0.25, 0.3) is 0 Å². The number of carbonyl (C=O) groups excluding carboxylic acids is 2. The van der Waals surface area contributed by atoms with Crippen LogP contribution in [0.2, 0.25) is 0 Å². The van der Waals surface area contributed by atoms with Crippen molar-refractivity contribution in [2.24, 2.45) is 11.5 Å². The van der Waals surface area contributed by atoms with Gasteiger partial charge in [0.15, 0.2) is 0 Å². The highest BCUT2D eigenvalue weighted by atomic mass is 16.3. The molecule has 7 nitrogen and oxygen atoms in total. The quantitative estimate of drug-likeness (QED) is 0.451. The van der Waals surface area contributed by atoms with E-state index in [1.54, 1.807) is 24.3 Å². The fraction of sp³-hybridized carbons (Fsp3) is 0.333. The Labute approximate surface area is 111 Å². The summed E-state index contributed by atoms with van der Waals surface area (Å²) in [6.07, 6.45) is -0.183. The Bertz CT molecular complexity index is 384. The molecule has 0 aliphatic rings. The van der Waals surface area contributed by atoms with E-state index in [0.29, 0.717) is 5.75 Å². The first kappa shape index (κ1) is 16.9. The lowest BCUT2D eigenvalue weighted by Gasteiger charge is -2.08. The van der Waals surface area contributed by atoms with Crippen LogP contribution in [0.15, 0.2) is 30.3 Å². The second kappa shape index (κ2) is 9.86. The lowest BCUT2D eigenvalue weighted by molar-refractivity contribution is -0.126. The normalized spacial score (nSPS) is 10.8. The van der Waals surface area contributed by atoms with Crippen molar-refractivity contribution in [1.82, 2.24) is 5.32 Å². The van der Waals surface area contributed by atoms with Gasteiger partial charge in [0, 0.05) is 6.54 Å². The summed E-state index contributed by atoms with van der Waals surface area (Å²) in [5, 5.41) is 19.3. The first-order valence-electron chi connectivity index (χ1n) is 5.63. The average molecular weight is 269 g/mol. The van der Waals surface area contributed by atoms with Gasteiger partial charge in [0.2, 0.25) is 11.8 Å². The zero-order valence-corrected chi connectivity index (χ0v) is 10.5. The van der Waals surface area contributed by atoms with Crippen molar-refractivity contribution < 1.29 is 19.8 Å². The highest BCUT2D eigenvalue weighted by Crippen LogP contribution is 2.02. The maximum Gasteiger partial charge on any atom is 0.237 e. The molecule has 106 valence electrons. The van der Waals surface area contributed by atoms with Crippen molar-refractivity contribution in [2.75, 3.05) is 13.2 Å². The van der Waals surface area contributed by atoms with Crippen LogP contribution in [0.3, 0.4) is 0 Å². The highest BCUT2D eigenvalue weighted by molar-refractivity contribution is 5.87. The molecule has 0 saturated heterocycles. The van der Waals surface area contributed by atoms with Crippen LogP contribution in [0.4, 0.5) is 0 Å². The third-order valence-electron chi connectivity index (χ3n) is 1.93. The van der Waals surface area contributed by atoms with E-state index in [1.807, 2.05) is 6.07 Å². The Morgan fingerprint density at radius 3 is 2.21 bits per heavy atom. The molecule has 1 rings (SSSR count). The smallest absolute Gasteiger partial charge is 0.237 e. The summed E-state index contributed by atoms with van der Waals surface area (Å²) in [5.74, 6) is -0.785. The summed E-state index contributed by atoms with van der Waals surface area (Å²) >= 11 is 0. The molecule has 0 spiro atoms. The molecule has 0 bridgehead atoms. The number of benzene rings is 1. The van der Waals surface area contributed by atoms with Crippen LogP contribution in [0, 0.1) is 0 Å². The number of aliphatic hydroxyl groups is 1. The molecule has 1 aromatic carbocycles.